The SMILES string of the molecule is CCC(CC)(CN1CCOCC1C)C(=O)O. The molecule has 1 aliphatic rings. The van der Waals surface area contributed by atoms with Crippen LogP contribution in [0.25, 0.3) is 0 Å². The molecule has 1 rings (SSSR count). The van der Waals surface area contributed by atoms with E-state index in [-0.39, 0.29) is 0 Å². The third-order valence-electron chi connectivity index (χ3n) is 3.82. The van der Waals surface area contributed by atoms with E-state index in [9.17, 15) is 9.90 Å². The van der Waals surface area contributed by atoms with Gasteiger partial charge in [0.25, 0.3) is 0 Å². The first-order valence-corrected chi connectivity index (χ1v) is 6.11. The first-order valence-electron chi connectivity index (χ1n) is 6.11. The Morgan fingerprint density at radius 3 is 2.56 bits per heavy atom. The molecule has 1 unspecified atom stereocenters. The van der Waals surface area contributed by atoms with Gasteiger partial charge in [-0.15, -0.1) is 0 Å². The Bertz CT molecular complexity index is 238. The molecular weight excluding hydrogens is 206 g/mol. The molecule has 0 aliphatic carbocycles. The number of morpholine rings is 1. The van der Waals surface area contributed by atoms with E-state index in [1.807, 2.05) is 13.8 Å². The van der Waals surface area contributed by atoms with E-state index in [1.54, 1.807) is 0 Å². The van der Waals surface area contributed by atoms with Crippen molar-refractivity contribution in [2.45, 2.75) is 39.7 Å². The molecule has 0 spiro atoms. The number of hydrogen-bond donors (Lipinski definition) is 1. The highest BCUT2D eigenvalue weighted by atomic mass is 16.5. The second-order valence-corrected chi connectivity index (χ2v) is 4.69. The fourth-order valence-electron chi connectivity index (χ4n) is 2.23. The summed E-state index contributed by atoms with van der Waals surface area (Å²) in [7, 11) is 0. The number of ether oxygens (including phenoxy) is 1. The number of carboxylic acids is 1. The van der Waals surface area contributed by atoms with E-state index < -0.39 is 11.4 Å². The zero-order valence-electron chi connectivity index (χ0n) is 10.5. The molecule has 1 heterocycles. The van der Waals surface area contributed by atoms with Crippen LogP contribution in [0.2, 0.25) is 0 Å². The molecule has 0 aromatic carbocycles. The summed E-state index contributed by atoms with van der Waals surface area (Å²) in [6.45, 7) is 8.93. The van der Waals surface area contributed by atoms with Crippen molar-refractivity contribution in [2.24, 2.45) is 5.41 Å². The largest absolute Gasteiger partial charge is 0.481 e. The molecule has 94 valence electrons. The Labute approximate surface area is 97.6 Å². The topological polar surface area (TPSA) is 49.8 Å². The third kappa shape index (κ3) is 2.74. The van der Waals surface area contributed by atoms with Gasteiger partial charge in [-0.3, -0.25) is 9.69 Å². The molecule has 0 amide bonds. The standard InChI is InChI=1S/C12H23NO3/c1-4-12(5-2,11(14)15)9-13-6-7-16-8-10(13)3/h10H,4-9H2,1-3H3,(H,14,15). The van der Waals surface area contributed by atoms with E-state index in [1.165, 1.54) is 0 Å². The molecule has 1 atom stereocenters. The van der Waals surface area contributed by atoms with Crippen LogP contribution in [0.3, 0.4) is 0 Å². The van der Waals surface area contributed by atoms with Gasteiger partial charge < -0.3 is 9.84 Å². The van der Waals surface area contributed by atoms with Gasteiger partial charge in [-0.25, -0.2) is 0 Å². The Hall–Kier alpha value is -0.610. The summed E-state index contributed by atoms with van der Waals surface area (Å²) in [5.74, 6) is -0.670. The van der Waals surface area contributed by atoms with Crippen molar-refractivity contribution in [3.8, 4) is 0 Å². The van der Waals surface area contributed by atoms with Crippen molar-refractivity contribution in [3.63, 3.8) is 0 Å². The van der Waals surface area contributed by atoms with Crippen molar-refractivity contribution in [1.29, 1.82) is 0 Å². The van der Waals surface area contributed by atoms with Gasteiger partial charge >= 0.3 is 5.97 Å². The summed E-state index contributed by atoms with van der Waals surface area (Å²) in [6, 6.07) is 0.325. The van der Waals surface area contributed by atoms with Crippen molar-refractivity contribution in [1.82, 2.24) is 4.90 Å². The van der Waals surface area contributed by atoms with E-state index >= 15 is 0 Å². The Balaban J connectivity index is 2.70. The molecule has 16 heavy (non-hydrogen) atoms. The number of aliphatic carboxylic acids is 1. The summed E-state index contributed by atoms with van der Waals surface area (Å²) in [6.07, 6.45) is 1.37. The molecule has 0 bridgehead atoms. The monoisotopic (exact) mass is 229 g/mol. The van der Waals surface area contributed by atoms with Crippen LogP contribution in [0.15, 0.2) is 0 Å². The van der Waals surface area contributed by atoms with Crippen LogP contribution in [0.5, 0.6) is 0 Å². The van der Waals surface area contributed by atoms with Gasteiger partial charge in [-0.1, -0.05) is 13.8 Å². The summed E-state index contributed by atoms with van der Waals surface area (Å²) in [4.78, 5) is 13.6. The average Bonchev–Trinajstić information content (AvgIpc) is 2.28. The van der Waals surface area contributed by atoms with Crippen LogP contribution in [-0.2, 0) is 9.53 Å². The third-order valence-corrected chi connectivity index (χ3v) is 3.82. The van der Waals surface area contributed by atoms with Gasteiger partial charge in [-0.05, 0) is 19.8 Å². The minimum atomic E-state index is -0.670. The Morgan fingerprint density at radius 1 is 1.50 bits per heavy atom. The van der Waals surface area contributed by atoms with Gasteiger partial charge in [0.2, 0.25) is 0 Å². The predicted molar refractivity (Wildman–Crippen MR) is 62.5 cm³/mol. The summed E-state index contributed by atoms with van der Waals surface area (Å²) >= 11 is 0. The predicted octanol–water partition coefficient (Wildman–Crippen LogP) is 1.60. The lowest BCUT2D eigenvalue weighted by molar-refractivity contribution is -0.152. The molecular formula is C12H23NO3. The van der Waals surface area contributed by atoms with E-state index in [0.717, 1.165) is 6.54 Å². The van der Waals surface area contributed by atoms with Gasteiger partial charge in [0.05, 0.1) is 18.6 Å². The zero-order valence-corrected chi connectivity index (χ0v) is 10.5. The van der Waals surface area contributed by atoms with Crippen molar-refractivity contribution < 1.29 is 14.6 Å². The Kier molecular flexibility index (Phi) is 4.74. The van der Waals surface area contributed by atoms with Crippen LogP contribution in [-0.4, -0.2) is 48.3 Å². The maximum atomic E-state index is 11.4. The fourth-order valence-corrected chi connectivity index (χ4v) is 2.23. The molecule has 1 aliphatic heterocycles. The molecule has 0 aromatic heterocycles. The lowest BCUT2D eigenvalue weighted by Gasteiger charge is -2.39. The first-order chi connectivity index (χ1) is 7.55. The normalized spacial score (nSPS) is 23.3. The highest BCUT2D eigenvalue weighted by Crippen LogP contribution is 2.29. The van der Waals surface area contributed by atoms with E-state index in [0.29, 0.717) is 38.6 Å². The average molecular weight is 229 g/mol. The number of nitrogens with zero attached hydrogens (tertiary/aromatic N) is 1. The first kappa shape index (κ1) is 13.5. The molecule has 1 fully saturated rings. The maximum Gasteiger partial charge on any atom is 0.310 e. The summed E-state index contributed by atoms with van der Waals surface area (Å²) < 4.78 is 5.37. The van der Waals surface area contributed by atoms with Gasteiger partial charge in [-0.2, -0.15) is 0 Å². The molecule has 0 aromatic rings. The van der Waals surface area contributed by atoms with Crippen molar-refractivity contribution in [2.75, 3.05) is 26.3 Å². The van der Waals surface area contributed by atoms with Crippen LogP contribution in [0.1, 0.15) is 33.6 Å². The number of carbonyl (C=O) groups is 1. The van der Waals surface area contributed by atoms with Crippen LogP contribution in [0, 0.1) is 5.41 Å². The van der Waals surface area contributed by atoms with E-state index in [4.69, 9.17) is 4.74 Å². The molecule has 1 N–H and O–H groups in total. The van der Waals surface area contributed by atoms with Crippen LogP contribution < -0.4 is 0 Å². The summed E-state index contributed by atoms with van der Waals surface area (Å²) in [5, 5.41) is 9.38. The second-order valence-electron chi connectivity index (χ2n) is 4.69. The van der Waals surface area contributed by atoms with E-state index in [2.05, 4.69) is 11.8 Å². The quantitative estimate of drug-likeness (QED) is 0.778. The zero-order chi connectivity index (χ0) is 12.2. The van der Waals surface area contributed by atoms with Gasteiger partial charge in [0.1, 0.15) is 0 Å². The van der Waals surface area contributed by atoms with Crippen LogP contribution >= 0.6 is 0 Å². The molecule has 0 radical (unpaired) electrons. The maximum absolute atomic E-state index is 11.4. The van der Waals surface area contributed by atoms with Gasteiger partial charge in [0.15, 0.2) is 0 Å². The minimum absolute atomic E-state index is 0.325. The smallest absolute Gasteiger partial charge is 0.310 e. The Morgan fingerprint density at radius 2 is 2.12 bits per heavy atom. The number of rotatable bonds is 5. The molecule has 1 saturated heterocycles. The second kappa shape index (κ2) is 5.64. The highest BCUT2D eigenvalue weighted by molar-refractivity contribution is 5.74. The highest BCUT2D eigenvalue weighted by Gasteiger charge is 2.38. The summed E-state index contributed by atoms with van der Waals surface area (Å²) in [5.41, 5.74) is -0.592. The minimum Gasteiger partial charge on any atom is -0.481 e. The van der Waals surface area contributed by atoms with Crippen LogP contribution in [0.4, 0.5) is 0 Å². The van der Waals surface area contributed by atoms with Gasteiger partial charge in [0, 0.05) is 19.1 Å². The lowest BCUT2D eigenvalue weighted by Crippen LogP contribution is -2.50. The number of hydrogen-bond acceptors (Lipinski definition) is 3. The van der Waals surface area contributed by atoms with Crippen molar-refractivity contribution in [3.05, 3.63) is 0 Å². The van der Waals surface area contributed by atoms with Crippen molar-refractivity contribution >= 4 is 5.97 Å². The lowest BCUT2D eigenvalue weighted by atomic mass is 9.81. The molecule has 4 nitrogen and oxygen atoms in total. The number of carboxylic acid groups (broad SMARTS) is 1. The molecule has 4 heteroatoms. The molecule has 0 saturated carbocycles. The fraction of sp³-hybridized carbons (Fsp3) is 0.917.